The molecule has 1 saturated carbocycles. The van der Waals surface area contributed by atoms with Crippen LogP contribution in [0, 0.1) is 23.2 Å². The fraction of sp³-hybridized carbons (Fsp3) is 0.588. The molecule has 116 valence electrons. The quantitative estimate of drug-likeness (QED) is 0.699. The highest BCUT2D eigenvalue weighted by atomic mass is 35.5. The highest BCUT2D eigenvalue weighted by Gasteiger charge is 2.62. The van der Waals surface area contributed by atoms with Gasteiger partial charge in [-0.05, 0) is 34.6 Å². The van der Waals surface area contributed by atoms with E-state index in [0.717, 1.165) is 11.1 Å². The summed E-state index contributed by atoms with van der Waals surface area (Å²) in [5, 5.41) is -0.764. The van der Waals surface area contributed by atoms with Crippen molar-refractivity contribution in [1.82, 2.24) is 0 Å². The number of carbonyl (C=O) groups is 1. The lowest BCUT2D eigenvalue weighted by Gasteiger charge is -2.10. The Morgan fingerprint density at radius 2 is 2.19 bits per heavy atom. The third-order valence-electron chi connectivity index (χ3n) is 4.58. The Labute approximate surface area is 130 Å². The van der Waals surface area contributed by atoms with E-state index in [0.29, 0.717) is 12.3 Å². The average molecular weight is 313 g/mol. The van der Waals surface area contributed by atoms with Crippen molar-refractivity contribution < 1.29 is 13.9 Å². The molecule has 1 fully saturated rings. The van der Waals surface area contributed by atoms with E-state index in [9.17, 15) is 9.18 Å². The van der Waals surface area contributed by atoms with Gasteiger partial charge in [0, 0.05) is 12.3 Å². The SMILES string of the molecule is C=C1CC(OC(=O)[C@@H]2[C@@H](C=C(F)Cl)C2(C)C)C=C1C(C)C. The molecule has 2 rings (SSSR count). The Hall–Kier alpha value is -1.09. The maximum absolute atomic E-state index is 12.8. The zero-order valence-corrected chi connectivity index (χ0v) is 13.7. The zero-order chi connectivity index (χ0) is 15.9. The second kappa shape index (κ2) is 5.60. The lowest BCUT2D eigenvalue weighted by molar-refractivity contribution is -0.149. The molecule has 0 N–H and O–H groups in total. The predicted octanol–water partition coefficient (Wildman–Crippen LogP) is 4.76. The van der Waals surface area contributed by atoms with Crippen LogP contribution >= 0.6 is 11.6 Å². The maximum atomic E-state index is 12.8. The van der Waals surface area contributed by atoms with Crippen LogP contribution < -0.4 is 0 Å². The van der Waals surface area contributed by atoms with Crippen molar-refractivity contribution in [2.24, 2.45) is 23.2 Å². The predicted molar refractivity (Wildman–Crippen MR) is 82.4 cm³/mol. The van der Waals surface area contributed by atoms with Gasteiger partial charge >= 0.3 is 5.97 Å². The monoisotopic (exact) mass is 312 g/mol. The standard InChI is InChI=1S/C17H22ClFO2/c1-9(2)12-7-11(6-10(12)3)21-16(20)15-13(8-14(18)19)17(15,4)5/h7-9,11,13,15H,3,6H2,1-2,4-5H3/t11?,13-,15+/m1/s1. The molecule has 2 aliphatic carbocycles. The van der Waals surface area contributed by atoms with Gasteiger partial charge < -0.3 is 4.74 Å². The summed E-state index contributed by atoms with van der Waals surface area (Å²) in [6.07, 6.45) is 3.68. The molecule has 1 unspecified atom stereocenters. The Morgan fingerprint density at radius 1 is 1.57 bits per heavy atom. The number of rotatable bonds is 4. The topological polar surface area (TPSA) is 26.3 Å². The molecular weight excluding hydrogens is 291 g/mol. The highest BCUT2D eigenvalue weighted by molar-refractivity contribution is 6.28. The number of hydrogen-bond acceptors (Lipinski definition) is 2. The van der Waals surface area contributed by atoms with Crippen LogP contribution in [-0.2, 0) is 9.53 Å². The van der Waals surface area contributed by atoms with Crippen molar-refractivity contribution in [2.45, 2.75) is 40.2 Å². The molecule has 0 amide bonds. The Morgan fingerprint density at radius 3 is 2.67 bits per heavy atom. The smallest absolute Gasteiger partial charge is 0.310 e. The number of esters is 1. The summed E-state index contributed by atoms with van der Waals surface area (Å²) in [6.45, 7) is 12.0. The van der Waals surface area contributed by atoms with E-state index in [1.165, 1.54) is 6.08 Å². The summed E-state index contributed by atoms with van der Waals surface area (Å²) in [7, 11) is 0. The molecule has 2 nitrogen and oxygen atoms in total. The third kappa shape index (κ3) is 3.23. The second-order valence-corrected chi connectivity index (χ2v) is 7.20. The number of allylic oxidation sites excluding steroid dienone is 2. The molecule has 0 bridgehead atoms. The number of ether oxygens (including phenoxy) is 1. The number of carbonyl (C=O) groups excluding carboxylic acids is 1. The van der Waals surface area contributed by atoms with Gasteiger partial charge in [-0.3, -0.25) is 4.79 Å². The minimum Gasteiger partial charge on any atom is -0.458 e. The molecule has 0 aromatic carbocycles. The van der Waals surface area contributed by atoms with Gasteiger partial charge in [-0.15, -0.1) is 0 Å². The molecule has 0 saturated heterocycles. The van der Waals surface area contributed by atoms with E-state index in [4.69, 9.17) is 16.3 Å². The van der Waals surface area contributed by atoms with Crippen molar-refractivity contribution in [3.63, 3.8) is 0 Å². The summed E-state index contributed by atoms with van der Waals surface area (Å²) in [5.74, 6) is -0.426. The molecule has 0 radical (unpaired) electrons. The summed E-state index contributed by atoms with van der Waals surface area (Å²) in [6, 6.07) is 0. The molecule has 2 aliphatic rings. The van der Waals surface area contributed by atoms with Gasteiger partial charge in [-0.2, -0.15) is 4.39 Å². The fourth-order valence-corrected chi connectivity index (χ4v) is 3.35. The molecule has 0 aliphatic heterocycles. The average Bonchev–Trinajstić information content (AvgIpc) is 2.67. The first-order chi connectivity index (χ1) is 9.64. The molecule has 0 aromatic rings. The van der Waals surface area contributed by atoms with Gasteiger partial charge in [0.25, 0.3) is 0 Å². The molecular formula is C17H22ClFO2. The van der Waals surface area contributed by atoms with Crippen molar-refractivity contribution in [2.75, 3.05) is 0 Å². The van der Waals surface area contributed by atoms with Crippen LogP contribution in [0.15, 0.2) is 35.2 Å². The first-order valence-electron chi connectivity index (χ1n) is 7.27. The van der Waals surface area contributed by atoms with Gasteiger partial charge in [-0.1, -0.05) is 45.9 Å². The third-order valence-corrected chi connectivity index (χ3v) is 4.71. The highest BCUT2D eigenvalue weighted by Crippen LogP contribution is 2.60. The number of halogens is 2. The van der Waals surface area contributed by atoms with Gasteiger partial charge in [0.1, 0.15) is 6.10 Å². The van der Waals surface area contributed by atoms with Crippen molar-refractivity contribution in [3.8, 4) is 0 Å². The first kappa shape index (κ1) is 16.3. The van der Waals surface area contributed by atoms with Crippen LogP contribution in [0.2, 0.25) is 0 Å². The lowest BCUT2D eigenvalue weighted by atomic mass is 10.00. The summed E-state index contributed by atoms with van der Waals surface area (Å²) in [4.78, 5) is 12.3. The Kier molecular flexibility index (Phi) is 4.34. The van der Waals surface area contributed by atoms with E-state index in [-0.39, 0.29) is 29.3 Å². The van der Waals surface area contributed by atoms with Crippen LogP contribution in [0.25, 0.3) is 0 Å². The normalized spacial score (nSPS) is 31.4. The van der Waals surface area contributed by atoms with Crippen molar-refractivity contribution in [1.29, 1.82) is 0 Å². The Balaban J connectivity index is 2.01. The molecule has 0 aromatic heterocycles. The largest absolute Gasteiger partial charge is 0.458 e. The molecule has 21 heavy (non-hydrogen) atoms. The van der Waals surface area contributed by atoms with Gasteiger partial charge in [0.2, 0.25) is 0 Å². The van der Waals surface area contributed by atoms with Crippen LogP contribution in [0.5, 0.6) is 0 Å². The van der Waals surface area contributed by atoms with E-state index in [1.54, 1.807) is 0 Å². The fourth-order valence-electron chi connectivity index (χ4n) is 3.21. The molecule has 4 heteroatoms. The van der Waals surface area contributed by atoms with Crippen LogP contribution in [-0.4, -0.2) is 12.1 Å². The van der Waals surface area contributed by atoms with Crippen molar-refractivity contribution in [3.05, 3.63) is 35.2 Å². The first-order valence-corrected chi connectivity index (χ1v) is 7.65. The van der Waals surface area contributed by atoms with E-state index in [2.05, 4.69) is 20.4 Å². The van der Waals surface area contributed by atoms with Gasteiger partial charge in [0.15, 0.2) is 5.29 Å². The number of hydrogen-bond donors (Lipinski definition) is 0. The zero-order valence-electron chi connectivity index (χ0n) is 13.0. The minimum absolute atomic E-state index is 0.194. The van der Waals surface area contributed by atoms with E-state index >= 15 is 0 Å². The van der Waals surface area contributed by atoms with Crippen LogP contribution in [0.3, 0.4) is 0 Å². The van der Waals surface area contributed by atoms with Crippen molar-refractivity contribution >= 4 is 17.6 Å². The van der Waals surface area contributed by atoms with Gasteiger partial charge in [-0.25, -0.2) is 0 Å². The summed E-state index contributed by atoms with van der Waals surface area (Å²) < 4.78 is 18.4. The minimum atomic E-state index is -0.764. The van der Waals surface area contributed by atoms with Gasteiger partial charge in [0.05, 0.1) is 5.92 Å². The molecule has 3 atom stereocenters. The second-order valence-electron chi connectivity index (χ2n) is 6.84. The van der Waals surface area contributed by atoms with E-state index < -0.39 is 5.29 Å². The molecule has 0 heterocycles. The summed E-state index contributed by atoms with van der Waals surface area (Å²) in [5.41, 5.74) is 1.89. The van der Waals surface area contributed by atoms with Crippen LogP contribution in [0.1, 0.15) is 34.1 Å². The molecule has 0 spiro atoms. The van der Waals surface area contributed by atoms with Crippen LogP contribution in [0.4, 0.5) is 4.39 Å². The Bertz CT molecular complexity index is 527. The lowest BCUT2D eigenvalue weighted by Crippen LogP contribution is -2.17. The van der Waals surface area contributed by atoms with E-state index in [1.807, 2.05) is 19.9 Å². The summed E-state index contributed by atoms with van der Waals surface area (Å²) >= 11 is 5.27. The maximum Gasteiger partial charge on any atom is 0.310 e.